The lowest BCUT2D eigenvalue weighted by Gasteiger charge is -2.17. The number of carbonyl (C=O) groups is 2. The molecule has 2 unspecified atom stereocenters. The standard InChI is InChI=1S/C18H20N2O6/c21-15(16(22)14-10-13(17(23)24)6-8-19-14)7-9-20-18(25)26-11-12-4-2-1-3-5-12/h1-6,8,10,15-16,21-22H,7,9,11H2,(H,20,25)(H,23,24). The van der Waals surface area contributed by atoms with E-state index in [9.17, 15) is 19.8 Å². The van der Waals surface area contributed by atoms with Crippen LogP contribution >= 0.6 is 0 Å². The number of hydrogen-bond donors (Lipinski definition) is 4. The van der Waals surface area contributed by atoms with E-state index in [2.05, 4.69) is 10.3 Å². The molecule has 1 heterocycles. The Hall–Kier alpha value is -2.97. The predicted octanol–water partition coefficient (Wildman–Crippen LogP) is 1.49. The number of aromatic carboxylic acids is 1. The first-order valence-electron chi connectivity index (χ1n) is 7.97. The molecule has 0 spiro atoms. The van der Waals surface area contributed by atoms with Gasteiger partial charge in [-0.05, 0) is 24.1 Å². The molecule has 0 bridgehead atoms. The third kappa shape index (κ3) is 5.83. The zero-order valence-electron chi connectivity index (χ0n) is 13.9. The van der Waals surface area contributed by atoms with Gasteiger partial charge in [0, 0.05) is 12.7 Å². The van der Waals surface area contributed by atoms with Gasteiger partial charge in [0.2, 0.25) is 0 Å². The predicted molar refractivity (Wildman–Crippen MR) is 91.4 cm³/mol. The van der Waals surface area contributed by atoms with Crippen LogP contribution in [0.3, 0.4) is 0 Å². The fourth-order valence-corrected chi connectivity index (χ4v) is 2.19. The molecule has 0 fully saturated rings. The highest BCUT2D eigenvalue weighted by Crippen LogP contribution is 2.17. The quantitative estimate of drug-likeness (QED) is 0.561. The average molecular weight is 360 g/mol. The van der Waals surface area contributed by atoms with Crippen LogP contribution in [0, 0.1) is 0 Å². The summed E-state index contributed by atoms with van der Waals surface area (Å²) in [5, 5.41) is 31.5. The van der Waals surface area contributed by atoms with Crippen LogP contribution in [-0.4, -0.2) is 45.0 Å². The van der Waals surface area contributed by atoms with Crippen molar-refractivity contribution in [3.63, 3.8) is 0 Å². The Kier molecular flexibility index (Phi) is 7.07. The van der Waals surface area contributed by atoms with Gasteiger partial charge < -0.3 is 25.4 Å². The molecule has 0 aliphatic rings. The van der Waals surface area contributed by atoms with Crippen LogP contribution in [0.5, 0.6) is 0 Å². The van der Waals surface area contributed by atoms with Gasteiger partial charge in [-0.15, -0.1) is 0 Å². The number of carbonyl (C=O) groups excluding carboxylic acids is 1. The van der Waals surface area contributed by atoms with Crippen LogP contribution in [0.25, 0.3) is 0 Å². The molecule has 1 aromatic carbocycles. The number of hydrogen-bond acceptors (Lipinski definition) is 6. The summed E-state index contributed by atoms with van der Waals surface area (Å²) in [5.41, 5.74) is 0.857. The van der Waals surface area contributed by atoms with Crippen LogP contribution in [0.1, 0.15) is 34.1 Å². The fraction of sp³-hybridized carbons (Fsp3) is 0.278. The Morgan fingerprint density at radius 2 is 1.88 bits per heavy atom. The number of rotatable bonds is 8. The molecular formula is C18H20N2O6. The zero-order valence-corrected chi connectivity index (χ0v) is 13.9. The first-order chi connectivity index (χ1) is 12.5. The number of aromatic nitrogens is 1. The minimum absolute atomic E-state index is 0.0381. The van der Waals surface area contributed by atoms with Crippen molar-refractivity contribution in [1.29, 1.82) is 0 Å². The summed E-state index contributed by atoms with van der Waals surface area (Å²) in [6.45, 7) is 0.203. The molecule has 8 nitrogen and oxygen atoms in total. The van der Waals surface area contributed by atoms with Crippen molar-refractivity contribution < 1.29 is 29.6 Å². The molecule has 26 heavy (non-hydrogen) atoms. The van der Waals surface area contributed by atoms with Crippen molar-refractivity contribution >= 4 is 12.1 Å². The molecule has 0 aliphatic carbocycles. The third-order valence-corrected chi connectivity index (χ3v) is 3.62. The van der Waals surface area contributed by atoms with E-state index in [0.29, 0.717) is 0 Å². The molecule has 0 saturated heterocycles. The summed E-state index contributed by atoms with van der Waals surface area (Å²) < 4.78 is 5.03. The molecular weight excluding hydrogens is 340 g/mol. The minimum Gasteiger partial charge on any atom is -0.478 e. The first-order valence-corrected chi connectivity index (χ1v) is 7.97. The lowest BCUT2D eigenvalue weighted by molar-refractivity contribution is 0.0110. The highest BCUT2D eigenvalue weighted by molar-refractivity contribution is 5.87. The first kappa shape index (κ1) is 19.4. The third-order valence-electron chi connectivity index (χ3n) is 3.62. The molecule has 2 atom stereocenters. The van der Waals surface area contributed by atoms with Crippen molar-refractivity contribution in [3.8, 4) is 0 Å². The number of benzene rings is 1. The normalized spacial score (nSPS) is 12.8. The van der Waals surface area contributed by atoms with E-state index in [0.717, 1.165) is 5.56 Å². The molecule has 8 heteroatoms. The molecule has 0 saturated carbocycles. The molecule has 0 radical (unpaired) electrons. The number of carboxylic acid groups (broad SMARTS) is 1. The van der Waals surface area contributed by atoms with E-state index in [4.69, 9.17) is 9.84 Å². The van der Waals surface area contributed by atoms with E-state index < -0.39 is 24.3 Å². The minimum atomic E-state index is -1.36. The van der Waals surface area contributed by atoms with E-state index >= 15 is 0 Å². The van der Waals surface area contributed by atoms with Crippen LogP contribution in [0.15, 0.2) is 48.7 Å². The summed E-state index contributed by atoms with van der Waals surface area (Å²) in [6, 6.07) is 11.7. The van der Waals surface area contributed by atoms with Crippen molar-refractivity contribution in [1.82, 2.24) is 10.3 Å². The van der Waals surface area contributed by atoms with Crippen LogP contribution in [-0.2, 0) is 11.3 Å². The summed E-state index contributed by atoms with van der Waals surface area (Å²) in [4.78, 5) is 26.4. The largest absolute Gasteiger partial charge is 0.478 e. The van der Waals surface area contributed by atoms with E-state index in [-0.39, 0.29) is 30.8 Å². The fourth-order valence-electron chi connectivity index (χ4n) is 2.19. The topological polar surface area (TPSA) is 129 Å². The molecule has 2 rings (SSSR count). The van der Waals surface area contributed by atoms with E-state index in [1.807, 2.05) is 30.3 Å². The molecule has 0 aliphatic heterocycles. The van der Waals surface area contributed by atoms with E-state index in [1.54, 1.807) is 0 Å². The maximum absolute atomic E-state index is 11.6. The molecule has 2 aromatic rings. The van der Waals surface area contributed by atoms with Gasteiger partial charge in [-0.2, -0.15) is 0 Å². The second-order valence-corrected chi connectivity index (χ2v) is 5.56. The van der Waals surface area contributed by atoms with Crippen molar-refractivity contribution in [3.05, 3.63) is 65.5 Å². The number of carboxylic acids is 1. The zero-order chi connectivity index (χ0) is 18.9. The van der Waals surface area contributed by atoms with Crippen molar-refractivity contribution in [2.24, 2.45) is 0 Å². The average Bonchev–Trinajstić information content (AvgIpc) is 2.66. The Morgan fingerprint density at radius 1 is 1.15 bits per heavy atom. The highest BCUT2D eigenvalue weighted by Gasteiger charge is 2.21. The van der Waals surface area contributed by atoms with Gasteiger partial charge in [-0.25, -0.2) is 9.59 Å². The molecule has 4 N–H and O–H groups in total. The number of pyridine rings is 1. The van der Waals surface area contributed by atoms with Gasteiger partial charge in [0.25, 0.3) is 0 Å². The van der Waals surface area contributed by atoms with Crippen molar-refractivity contribution in [2.45, 2.75) is 25.2 Å². The van der Waals surface area contributed by atoms with Gasteiger partial charge >= 0.3 is 12.1 Å². The van der Waals surface area contributed by atoms with Crippen LogP contribution in [0.2, 0.25) is 0 Å². The number of aliphatic hydroxyl groups is 2. The second-order valence-electron chi connectivity index (χ2n) is 5.56. The highest BCUT2D eigenvalue weighted by atomic mass is 16.5. The van der Waals surface area contributed by atoms with E-state index in [1.165, 1.54) is 18.3 Å². The Bertz CT molecular complexity index is 737. The van der Waals surface area contributed by atoms with Gasteiger partial charge in [0.1, 0.15) is 12.7 Å². The molecule has 1 aromatic heterocycles. The number of nitrogens with zero attached hydrogens (tertiary/aromatic N) is 1. The lowest BCUT2D eigenvalue weighted by atomic mass is 10.1. The second kappa shape index (κ2) is 9.50. The monoisotopic (exact) mass is 360 g/mol. The number of ether oxygens (including phenoxy) is 1. The number of amides is 1. The number of nitrogens with one attached hydrogen (secondary N) is 1. The summed E-state index contributed by atoms with van der Waals surface area (Å²) in [5.74, 6) is -1.15. The van der Waals surface area contributed by atoms with Gasteiger partial charge in [-0.1, -0.05) is 30.3 Å². The number of alkyl carbamates (subject to hydrolysis) is 1. The number of aliphatic hydroxyl groups excluding tert-OH is 2. The molecule has 1 amide bonds. The Balaban J connectivity index is 1.75. The van der Waals surface area contributed by atoms with Crippen LogP contribution < -0.4 is 5.32 Å². The van der Waals surface area contributed by atoms with Gasteiger partial charge in [-0.3, -0.25) is 4.98 Å². The maximum atomic E-state index is 11.6. The van der Waals surface area contributed by atoms with Crippen LogP contribution in [0.4, 0.5) is 4.79 Å². The smallest absolute Gasteiger partial charge is 0.407 e. The Labute approximate surface area is 150 Å². The summed E-state index contributed by atoms with van der Waals surface area (Å²) in [7, 11) is 0. The van der Waals surface area contributed by atoms with Gasteiger partial charge in [0.15, 0.2) is 0 Å². The lowest BCUT2D eigenvalue weighted by Crippen LogP contribution is -2.30. The summed E-state index contributed by atoms with van der Waals surface area (Å²) in [6.07, 6.45) is -1.94. The van der Waals surface area contributed by atoms with Gasteiger partial charge in [0.05, 0.1) is 17.4 Å². The maximum Gasteiger partial charge on any atom is 0.407 e. The SMILES string of the molecule is O=C(NCCC(O)C(O)c1cc(C(=O)O)ccn1)OCc1ccccc1. The van der Waals surface area contributed by atoms with Crippen molar-refractivity contribution in [2.75, 3.05) is 6.54 Å². The summed E-state index contributed by atoms with van der Waals surface area (Å²) >= 11 is 0. The molecule has 138 valence electrons. The Morgan fingerprint density at radius 3 is 2.58 bits per heavy atom.